The van der Waals surface area contributed by atoms with Gasteiger partial charge in [-0.1, -0.05) is 42.0 Å². The molecular formula is C22H24N4O. The number of carbonyl (C=O) groups is 1. The highest BCUT2D eigenvalue weighted by atomic mass is 16.1. The van der Waals surface area contributed by atoms with Gasteiger partial charge in [0.1, 0.15) is 5.69 Å². The number of hydrogen-bond donors (Lipinski definition) is 2. The predicted octanol–water partition coefficient (Wildman–Crippen LogP) is 3.25. The van der Waals surface area contributed by atoms with Crippen molar-refractivity contribution in [3.63, 3.8) is 0 Å². The fourth-order valence-electron chi connectivity index (χ4n) is 3.57. The second-order valence-electron chi connectivity index (χ2n) is 7.15. The third-order valence-electron chi connectivity index (χ3n) is 5.01. The summed E-state index contributed by atoms with van der Waals surface area (Å²) in [6.45, 7) is 5.89. The van der Waals surface area contributed by atoms with E-state index in [2.05, 4.69) is 42.7 Å². The number of benzene rings is 2. The summed E-state index contributed by atoms with van der Waals surface area (Å²) in [4.78, 5) is 13.0. The van der Waals surface area contributed by atoms with Crippen LogP contribution < -0.4 is 10.6 Å². The Morgan fingerprint density at radius 2 is 2.00 bits per heavy atom. The maximum atomic E-state index is 13.0. The Hall–Kier alpha value is -2.92. The molecule has 5 heteroatoms. The summed E-state index contributed by atoms with van der Waals surface area (Å²) in [6, 6.07) is 16.3. The minimum Gasteiger partial charge on any atom is -0.348 e. The highest BCUT2D eigenvalue weighted by Crippen LogP contribution is 2.27. The number of nitrogens with zero attached hydrogens (tertiary/aromatic N) is 2. The van der Waals surface area contributed by atoms with Crippen molar-refractivity contribution in [3.8, 4) is 16.9 Å². The first-order valence-electron chi connectivity index (χ1n) is 9.36. The van der Waals surface area contributed by atoms with Crippen molar-refractivity contribution < 1.29 is 4.79 Å². The number of amides is 1. The largest absolute Gasteiger partial charge is 0.348 e. The van der Waals surface area contributed by atoms with Crippen molar-refractivity contribution in [1.82, 2.24) is 20.4 Å². The van der Waals surface area contributed by atoms with Crippen LogP contribution in [0.5, 0.6) is 0 Å². The summed E-state index contributed by atoms with van der Waals surface area (Å²) in [5.41, 5.74) is 5.57. The molecule has 2 aromatic carbocycles. The van der Waals surface area contributed by atoms with E-state index in [0.29, 0.717) is 5.56 Å². The van der Waals surface area contributed by atoms with Gasteiger partial charge in [0.05, 0.1) is 11.3 Å². The van der Waals surface area contributed by atoms with Gasteiger partial charge in [-0.2, -0.15) is 5.10 Å². The highest BCUT2D eigenvalue weighted by molar-refractivity contribution is 6.00. The molecule has 2 N–H and O–H groups in total. The minimum absolute atomic E-state index is 0.0687. The molecule has 1 fully saturated rings. The van der Waals surface area contributed by atoms with Crippen molar-refractivity contribution in [1.29, 1.82) is 0 Å². The minimum atomic E-state index is -0.0687. The fourth-order valence-corrected chi connectivity index (χ4v) is 3.57. The van der Waals surface area contributed by atoms with E-state index in [-0.39, 0.29) is 11.9 Å². The first-order valence-corrected chi connectivity index (χ1v) is 9.36. The molecule has 1 aromatic heterocycles. The van der Waals surface area contributed by atoms with Crippen molar-refractivity contribution >= 4 is 5.91 Å². The summed E-state index contributed by atoms with van der Waals surface area (Å²) in [6.07, 6.45) is 2.79. The molecule has 1 saturated heterocycles. The SMILES string of the molecule is Cc1ccc(-c2nn(-c3ccccc3)cc2C(=O)NC2CCNC2)c(C)c1. The van der Waals surface area contributed by atoms with Gasteiger partial charge in [0.2, 0.25) is 0 Å². The molecule has 3 aromatic rings. The molecule has 5 nitrogen and oxygen atoms in total. The van der Waals surface area contributed by atoms with Gasteiger partial charge in [-0.15, -0.1) is 0 Å². The molecule has 1 unspecified atom stereocenters. The number of carbonyl (C=O) groups excluding carboxylic acids is 1. The predicted molar refractivity (Wildman–Crippen MR) is 107 cm³/mol. The lowest BCUT2D eigenvalue weighted by Crippen LogP contribution is -2.36. The lowest BCUT2D eigenvalue weighted by atomic mass is 10.0. The van der Waals surface area contributed by atoms with Gasteiger partial charge in [-0.05, 0) is 44.5 Å². The Morgan fingerprint density at radius 1 is 1.19 bits per heavy atom. The van der Waals surface area contributed by atoms with Crippen LogP contribution in [0.3, 0.4) is 0 Å². The molecule has 0 saturated carbocycles. The van der Waals surface area contributed by atoms with Gasteiger partial charge < -0.3 is 10.6 Å². The number of hydrogen-bond acceptors (Lipinski definition) is 3. The van der Waals surface area contributed by atoms with Crippen molar-refractivity contribution in [2.75, 3.05) is 13.1 Å². The van der Waals surface area contributed by atoms with Crippen molar-refractivity contribution in [3.05, 3.63) is 71.4 Å². The molecule has 0 aliphatic carbocycles. The van der Waals surface area contributed by atoms with Crippen LogP contribution in [-0.2, 0) is 0 Å². The normalized spacial score (nSPS) is 16.4. The Morgan fingerprint density at radius 3 is 2.70 bits per heavy atom. The maximum absolute atomic E-state index is 13.0. The van der Waals surface area contributed by atoms with Crippen molar-refractivity contribution in [2.24, 2.45) is 0 Å². The van der Waals surface area contributed by atoms with E-state index in [4.69, 9.17) is 5.10 Å². The first-order chi connectivity index (χ1) is 13.1. The summed E-state index contributed by atoms with van der Waals surface area (Å²) >= 11 is 0. The van der Waals surface area contributed by atoms with Crippen LogP contribution in [-0.4, -0.2) is 34.8 Å². The molecule has 0 radical (unpaired) electrons. The number of rotatable bonds is 4. The lowest BCUT2D eigenvalue weighted by molar-refractivity contribution is 0.0940. The third-order valence-corrected chi connectivity index (χ3v) is 5.01. The van der Waals surface area contributed by atoms with Crippen LogP contribution in [0, 0.1) is 13.8 Å². The van der Waals surface area contributed by atoms with Crippen LogP contribution in [0.15, 0.2) is 54.7 Å². The molecule has 1 atom stereocenters. The molecule has 1 amide bonds. The van der Waals surface area contributed by atoms with Crippen LogP contribution in [0.25, 0.3) is 16.9 Å². The van der Waals surface area contributed by atoms with Crippen LogP contribution in [0.1, 0.15) is 27.9 Å². The molecule has 1 aliphatic rings. The smallest absolute Gasteiger partial charge is 0.255 e. The van der Waals surface area contributed by atoms with Gasteiger partial charge in [0.25, 0.3) is 5.91 Å². The van der Waals surface area contributed by atoms with E-state index in [1.54, 1.807) is 4.68 Å². The third kappa shape index (κ3) is 3.64. The fraction of sp³-hybridized carbons (Fsp3) is 0.273. The number of aryl methyl sites for hydroxylation is 2. The Bertz CT molecular complexity index is 956. The quantitative estimate of drug-likeness (QED) is 0.751. The monoisotopic (exact) mass is 360 g/mol. The van der Waals surface area contributed by atoms with E-state index in [9.17, 15) is 4.79 Å². The second-order valence-corrected chi connectivity index (χ2v) is 7.15. The van der Waals surface area contributed by atoms with E-state index in [0.717, 1.165) is 42.0 Å². The molecule has 138 valence electrons. The number of aromatic nitrogens is 2. The highest BCUT2D eigenvalue weighted by Gasteiger charge is 2.23. The first kappa shape index (κ1) is 17.5. The van der Waals surface area contributed by atoms with Crippen molar-refractivity contribution in [2.45, 2.75) is 26.3 Å². The molecule has 0 bridgehead atoms. The van der Waals surface area contributed by atoms with Gasteiger partial charge in [0.15, 0.2) is 0 Å². The van der Waals surface area contributed by atoms with Gasteiger partial charge in [-0.3, -0.25) is 4.79 Å². The summed E-state index contributed by atoms with van der Waals surface area (Å²) < 4.78 is 1.79. The number of para-hydroxylation sites is 1. The van der Waals surface area contributed by atoms with E-state index >= 15 is 0 Å². The van der Waals surface area contributed by atoms with Gasteiger partial charge >= 0.3 is 0 Å². The molecular weight excluding hydrogens is 336 g/mol. The zero-order chi connectivity index (χ0) is 18.8. The summed E-state index contributed by atoms with van der Waals surface area (Å²) in [7, 11) is 0. The van der Waals surface area contributed by atoms with Gasteiger partial charge in [0, 0.05) is 24.3 Å². The standard InChI is InChI=1S/C22H24N4O/c1-15-8-9-19(16(2)12-15)21-20(22(27)24-17-10-11-23-13-17)14-26(25-21)18-6-4-3-5-7-18/h3-9,12,14,17,23H,10-11,13H2,1-2H3,(H,24,27). The van der Waals surface area contributed by atoms with Gasteiger partial charge in [-0.25, -0.2) is 4.68 Å². The summed E-state index contributed by atoms with van der Waals surface area (Å²) in [5, 5.41) is 11.2. The van der Waals surface area contributed by atoms with E-state index in [1.165, 1.54) is 5.56 Å². The topological polar surface area (TPSA) is 59.0 Å². The molecule has 2 heterocycles. The lowest BCUT2D eigenvalue weighted by Gasteiger charge is -2.12. The Balaban J connectivity index is 1.77. The Labute approximate surface area is 159 Å². The molecule has 1 aliphatic heterocycles. The molecule has 27 heavy (non-hydrogen) atoms. The van der Waals surface area contributed by atoms with Crippen LogP contribution in [0.4, 0.5) is 0 Å². The zero-order valence-electron chi connectivity index (χ0n) is 15.7. The molecule has 4 rings (SSSR count). The van der Waals surface area contributed by atoms with Crippen LogP contribution >= 0.6 is 0 Å². The van der Waals surface area contributed by atoms with Crippen LogP contribution in [0.2, 0.25) is 0 Å². The van der Waals surface area contributed by atoms with E-state index in [1.807, 2.05) is 36.5 Å². The maximum Gasteiger partial charge on any atom is 0.255 e. The number of nitrogens with one attached hydrogen (secondary N) is 2. The van der Waals surface area contributed by atoms with E-state index < -0.39 is 0 Å². The summed E-state index contributed by atoms with van der Waals surface area (Å²) in [5.74, 6) is -0.0687. The average Bonchev–Trinajstić information content (AvgIpc) is 3.32. The zero-order valence-corrected chi connectivity index (χ0v) is 15.7. The second kappa shape index (κ2) is 7.37. The Kier molecular flexibility index (Phi) is 4.77. The average molecular weight is 360 g/mol. The molecule has 0 spiro atoms.